The minimum Gasteiger partial charge on any atom is -0.479 e. The van der Waals surface area contributed by atoms with Crippen molar-refractivity contribution in [2.75, 3.05) is 6.54 Å². The fourth-order valence-corrected chi connectivity index (χ4v) is 0.946. The van der Waals surface area contributed by atoms with Crippen LogP contribution in [0.3, 0.4) is 0 Å². The number of hydrogen-bond donors (Lipinski definition) is 3. The molecule has 0 fully saturated rings. The van der Waals surface area contributed by atoms with Crippen LogP contribution in [0.25, 0.3) is 0 Å². The van der Waals surface area contributed by atoms with E-state index in [1.807, 2.05) is 0 Å². The van der Waals surface area contributed by atoms with Crippen molar-refractivity contribution < 1.29 is 24.2 Å². The number of aliphatic hydroxyl groups is 1. The highest BCUT2D eigenvalue weighted by Gasteiger charge is 2.16. The van der Waals surface area contributed by atoms with Crippen LogP contribution < -0.4 is 5.32 Å². The normalized spacial score (nSPS) is 12.1. The van der Waals surface area contributed by atoms with Crippen molar-refractivity contribution in [3.05, 3.63) is 23.1 Å². The molecule has 0 aromatic carbocycles. The predicted octanol–water partition coefficient (Wildman–Crippen LogP) is 0.108. The number of rotatable bonds is 4. The Bertz CT molecular complexity index is 375. The number of nitrogens with one attached hydrogen (secondary N) is 1. The number of halogens is 1. The van der Waals surface area contributed by atoms with Gasteiger partial charge in [-0.2, -0.15) is 0 Å². The lowest BCUT2D eigenvalue weighted by Crippen LogP contribution is -2.36. The number of carbonyl (C=O) groups is 2. The number of carboxylic acid groups (broad SMARTS) is 1. The number of aliphatic carboxylic acids is 1. The van der Waals surface area contributed by atoms with Gasteiger partial charge in [-0.15, -0.1) is 0 Å². The van der Waals surface area contributed by atoms with Crippen LogP contribution in [0.4, 0.5) is 0 Å². The zero-order chi connectivity index (χ0) is 11.4. The van der Waals surface area contributed by atoms with Crippen LogP contribution in [0.1, 0.15) is 10.6 Å². The van der Waals surface area contributed by atoms with E-state index in [4.69, 9.17) is 26.2 Å². The molecule has 0 bridgehead atoms. The zero-order valence-electron chi connectivity index (χ0n) is 7.44. The Kier molecular flexibility index (Phi) is 3.70. The number of hydrogen-bond acceptors (Lipinski definition) is 4. The van der Waals surface area contributed by atoms with Crippen LogP contribution >= 0.6 is 11.6 Å². The number of aliphatic hydroxyl groups excluding tert-OH is 1. The molecule has 6 nitrogen and oxygen atoms in total. The van der Waals surface area contributed by atoms with Gasteiger partial charge in [0.1, 0.15) is 0 Å². The molecule has 1 atom stereocenters. The van der Waals surface area contributed by atoms with E-state index in [-0.39, 0.29) is 11.0 Å². The Morgan fingerprint density at radius 2 is 2.20 bits per heavy atom. The quantitative estimate of drug-likeness (QED) is 0.685. The summed E-state index contributed by atoms with van der Waals surface area (Å²) in [6.45, 7) is -0.396. The van der Waals surface area contributed by atoms with E-state index >= 15 is 0 Å². The lowest BCUT2D eigenvalue weighted by atomic mass is 10.3. The van der Waals surface area contributed by atoms with Gasteiger partial charge in [-0.05, 0) is 23.7 Å². The summed E-state index contributed by atoms with van der Waals surface area (Å²) < 4.78 is 4.76. The zero-order valence-corrected chi connectivity index (χ0v) is 8.19. The molecular formula is C8H8ClNO5. The first-order chi connectivity index (χ1) is 7.00. The van der Waals surface area contributed by atoms with Crippen molar-refractivity contribution in [3.8, 4) is 0 Å². The molecule has 0 spiro atoms. The van der Waals surface area contributed by atoms with E-state index in [1.165, 1.54) is 12.1 Å². The molecule has 1 aromatic rings. The molecule has 7 heteroatoms. The molecule has 82 valence electrons. The maximum Gasteiger partial charge on any atom is 0.334 e. The summed E-state index contributed by atoms with van der Waals surface area (Å²) >= 11 is 5.43. The van der Waals surface area contributed by atoms with Gasteiger partial charge >= 0.3 is 5.97 Å². The Labute approximate surface area is 89.5 Å². The van der Waals surface area contributed by atoms with Crippen LogP contribution in [-0.2, 0) is 4.79 Å². The van der Waals surface area contributed by atoms with Gasteiger partial charge in [0.05, 0.1) is 6.54 Å². The third kappa shape index (κ3) is 3.26. The van der Waals surface area contributed by atoms with Gasteiger partial charge in [0, 0.05) is 0 Å². The Morgan fingerprint density at radius 3 is 2.67 bits per heavy atom. The second-order valence-corrected chi connectivity index (χ2v) is 3.04. The fourth-order valence-electron chi connectivity index (χ4n) is 0.800. The standard InChI is InChI=1S/C8H8ClNO5/c9-6-2-1-5(15-6)7(12)10-3-4(11)8(13)14/h1-2,4,11H,3H2,(H,10,12)(H,13,14)/t4-/m0/s1. The molecule has 1 heterocycles. The Hall–Kier alpha value is -1.53. The van der Waals surface area contributed by atoms with E-state index in [0.717, 1.165) is 0 Å². The smallest absolute Gasteiger partial charge is 0.334 e. The van der Waals surface area contributed by atoms with E-state index in [0.29, 0.717) is 0 Å². The van der Waals surface area contributed by atoms with Gasteiger partial charge < -0.3 is 19.9 Å². The average Bonchev–Trinajstić information content (AvgIpc) is 2.60. The number of carboxylic acids is 1. The lowest BCUT2D eigenvalue weighted by molar-refractivity contribution is -0.146. The summed E-state index contributed by atoms with van der Waals surface area (Å²) in [4.78, 5) is 21.4. The predicted molar refractivity (Wildman–Crippen MR) is 49.7 cm³/mol. The van der Waals surface area contributed by atoms with Crippen LogP contribution in [0.2, 0.25) is 5.22 Å². The number of furan rings is 1. The summed E-state index contributed by atoms with van der Waals surface area (Å²) in [5.41, 5.74) is 0. The summed E-state index contributed by atoms with van der Waals surface area (Å²) in [5, 5.41) is 19.4. The lowest BCUT2D eigenvalue weighted by Gasteiger charge is -2.05. The van der Waals surface area contributed by atoms with E-state index in [9.17, 15) is 9.59 Å². The summed E-state index contributed by atoms with van der Waals surface area (Å²) in [6, 6.07) is 2.72. The van der Waals surface area contributed by atoms with Crippen molar-refractivity contribution in [1.29, 1.82) is 0 Å². The third-order valence-electron chi connectivity index (χ3n) is 1.54. The number of amides is 1. The molecule has 0 unspecified atom stereocenters. The molecule has 1 aromatic heterocycles. The van der Waals surface area contributed by atoms with Gasteiger partial charge in [0.2, 0.25) is 0 Å². The molecule has 0 aliphatic heterocycles. The topological polar surface area (TPSA) is 99.8 Å². The molecule has 1 amide bonds. The van der Waals surface area contributed by atoms with Crippen molar-refractivity contribution >= 4 is 23.5 Å². The largest absolute Gasteiger partial charge is 0.479 e. The van der Waals surface area contributed by atoms with E-state index in [1.54, 1.807) is 0 Å². The first-order valence-corrected chi connectivity index (χ1v) is 4.33. The molecule has 15 heavy (non-hydrogen) atoms. The summed E-state index contributed by atoms with van der Waals surface area (Å²) in [5.74, 6) is -2.09. The monoisotopic (exact) mass is 233 g/mol. The van der Waals surface area contributed by atoms with Crippen LogP contribution in [-0.4, -0.2) is 34.7 Å². The molecule has 0 saturated carbocycles. The molecule has 1 rings (SSSR count). The molecule has 0 saturated heterocycles. The maximum atomic E-state index is 11.2. The van der Waals surface area contributed by atoms with Gasteiger partial charge in [-0.25, -0.2) is 4.79 Å². The van der Waals surface area contributed by atoms with Gasteiger partial charge in [-0.1, -0.05) is 0 Å². The van der Waals surface area contributed by atoms with Crippen molar-refractivity contribution in [1.82, 2.24) is 5.32 Å². The SMILES string of the molecule is O=C(NC[C@H](O)C(=O)O)c1ccc(Cl)o1. The molecule has 0 radical (unpaired) electrons. The third-order valence-corrected chi connectivity index (χ3v) is 1.74. The van der Waals surface area contributed by atoms with Crippen molar-refractivity contribution in [2.24, 2.45) is 0 Å². The van der Waals surface area contributed by atoms with Crippen LogP contribution in [0.5, 0.6) is 0 Å². The first kappa shape index (κ1) is 11.5. The molecule has 0 aliphatic carbocycles. The first-order valence-electron chi connectivity index (χ1n) is 3.95. The van der Waals surface area contributed by atoms with Gasteiger partial charge in [-0.3, -0.25) is 4.79 Å². The van der Waals surface area contributed by atoms with Crippen molar-refractivity contribution in [2.45, 2.75) is 6.10 Å². The fraction of sp³-hybridized carbons (Fsp3) is 0.250. The second kappa shape index (κ2) is 4.81. The minimum atomic E-state index is -1.64. The maximum absolute atomic E-state index is 11.2. The second-order valence-electron chi connectivity index (χ2n) is 2.67. The summed E-state index contributed by atoms with van der Waals surface area (Å²) in [6.07, 6.45) is -1.64. The van der Waals surface area contributed by atoms with Gasteiger partial charge in [0.15, 0.2) is 17.1 Å². The molecule has 3 N–H and O–H groups in total. The van der Waals surface area contributed by atoms with Gasteiger partial charge in [0.25, 0.3) is 5.91 Å². The highest BCUT2D eigenvalue weighted by molar-refractivity contribution is 6.29. The minimum absolute atomic E-state index is 0.0439. The van der Waals surface area contributed by atoms with Crippen LogP contribution in [0.15, 0.2) is 16.5 Å². The van der Waals surface area contributed by atoms with E-state index in [2.05, 4.69) is 5.32 Å². The highest BCUT2D eigenvalue weighted by atomic mass is 35.5. The summed E-state index contributed by atoms with van der Waals surface area (Å²) in [7, 11) is 0. The Morgan fingerprint density at radius 1 is 1.53 bits per heavy atom. The van der Waals surface area contributed by atoms with E-state index < -0.39 is 24.5 Å². The molecular weight excluding hydrogens is 226 g/mol. The van der Waals surface area contributed by atoms with Crippen molar-refractivity contribution in [3.63, 3.8) is 0 Å². The molecule has 0 aliphatic rings. The number of carbonyl (C=O) groups excluding carboxylic acids is 1. The van der Waals surface area contributed by atoms with Crippen LogP contribution in [0, 0.1) is 0 Å². The highest BCUT2D eigenvalue weighted by Crippen LogP contribution is 2.12. The average molecular weight is 234 g/mol. The Balaban J connectivity index is 2.47.